The van der Waals surface area contributed by atoms with E-state index >= 15 is 0 Å². The van der Waals surface area contributed by atoms with Crippen molar-refractivity contribution < 1.29 is 22.7 Å². The summed E-state index contributed by atoms with van der Waals surface area (Å²) in [5.74, 6) is 0.251. The van der Waals surface area contributed by atoms with Gasteiger partial charge in [0.15, 0.2) is 0 Å². The van der Waals surface area contributed by atoms with Gasteiger partial charge >= 0.3 is 6.03 Å². The Bertz CT molecular complexity index is 832. The molecule has 0 aliphatic carbocycles. The molecule has 2 aliphatic heterocycles. The highest BCUT2D eigenvalue weighted by Crippen LogP contribution is 2.20. The van der Waals surface area contributed by atoms with Crippen LogP contribution in [0.4, 0.5) is 10.6 Å². The first-order valence-electron chi connectivity index (χ1n) is 9.42. The summed E-state index contributed by atoms with van der Waals surface area (Å²) >= 11 is 0. The molecule has 2 aliphatic rings. The maximum absolute atomic E-state index is 12.7. The van der Waals surface area contributed by atoms with E-state index in [4.69, 9.17) is 10.5 Å². The molecule has 1 atom stereocenters. The molecule has 1 aromatic rings. The van der Waals surface area contributed by atoms with Gasteiger partial charge in [-0.2, -0.15) is 4.31 Å². The van der Waals surface area contributed by atoms with Crippen LogP contribution in [-0.4, -0.2) is 93.1 Å². The number of carbonyl (C=O) groups is 2. The normalized spacial score (nSPS) is 20.2. The van der Waals surface area contributed by atoms with Gasteiger partial charge in [0, 0.05) is 45.5 Å². The lowest BCUT2D eigenvalue weighted by atomic mass is 10.2. The predicted molar refractivity (Wildman–Crippen MR) is 105 cm³/mol. The number of carbonyl (C=O) groups excluding carboxylic acids is 2. The summed E-state index contributed by atoms with van der Waals surface area (Å²) in [6, 6.07) is 1.93. The highest BCUT2D eigenvalue weighted by atomic mass is 32.2. The largest absolute Gasteiger partial charge is 0.379 e. The number of ether oxygens (including phenoxy) is 1. The number of rotatable bonds is 5. The lowest BCUT2D eigenvalue weighted by Crippen LogP contribution is -2.55. The van der Waals surface area contributed by atoms with Crippen LogP contribution >= 0.6 is 0 Å². The molecule has 1 unspecified atom stereocenters. The zero-order valence-corrected chi connectivity index (χ0v) is 17.1. The fourth-order valence-electron chi connectivity index (χ4n) is 3.38. The van der Waals surface area contributed by atoms with Crippen LogP contribution in [0.3, 0.4) is 0 Å². The first-order valence-corrected chi connectivity index (χ1v) is 10.9. The summed E-state index contributed by atoms with van der Waals surface area (Å²) in [6.45, 7) is 5.63. The molecule has 3 N–H and O–H groups in total. The number of primary amides is 1. The number of anilines is 1. The Kier molecular flexibility index (Phi) is 6.67. The van der Waals surface area contributed by atoms with Crippen LogP contribution in [-0.2, 0) is 19.6 Å². The molecule has 0 saturated carbocycles. The lowest BCUT2D eigenvalue weighted by Gasteiger charge is -2.37. The molecule has 12 heteroatoms. The molecule has 29 heavy (non-hydrogen) atoms. The van der Waals surface area contributed by atoms with Crippen LogP contribution in [0.5, 0.6) is 0 Å². The molecule has 0 aromatic carbocycles. The van der Waals surface area contributed by atoms with E-state index in [-0.39, 0.29) is 4.90 Å². The Morgan fingerprint density at radius 2 is 1.79 bits per heavy atom. The Hall–Kier alpha value is -2.28. The van der Waals surface area contributed by atoms with Gasteiger partial charge in [-0.05, 0) is 19.1 Å². The summed E-state index contributed by atoms with van der Waals surface area (Å²) in [4.78, 5) is 31.2. The van der Waals surface area contributed by atoms with Gasteiger partial charge in [-0.15, -0.1) is 0 Å². The van der Waals surface area contributed by atoms with Crippen LogP contribution in [0.1, 0.15) is 6.92 Å². The van der Waals surface area contributed by atoms with E-state index in [0.29, 0.717) is 58.3 Å². The number of nitrogens with two attached hydrogens (primary N) is 1. The molecule has 0 spiro atoms. The molecule has 0 bridgehead atoms. The van der Waals surface area contributed by atoms with E-state index < -0.39 is 28.0 Å². The Labute approximate surface area is 169 Å². The van der Waals surface area contributed by atoms with Crippen molar-refractivity contribution in [3.8, 4) is 0 Å². The third-order valence-electron chi connectivity index (χ3n) is 5.14. The maximum Gasteiger partial charge on any atom is 0.318 e. The summed E-state index contributed by atoms with van der Waals surface area (Å²) in [5.41, 5.74) is 4.99. The van der Waals surface area contributed by atoms with Crippen molar-refractivity contribution in [2.45, 2.75) is 17.9 Å². The number of nitrogens with one attached hydrogen (secondary N) is 1. The van der Waals surface area contributed by atoms with Crippen LogP contribution in [0, 0.1) is 0 Å². The summed E-state index contributed by atoms with van der Waals surface area (Å²) in [7, 11) is -3.57. The molecule has 3 rings (SSSR count). The Morgan fingerprint density at radius 3 is 2.34 bits per heavy atom. The summed E-state index contributed by atoms with van der Waals surface area (Å²) in [6.07, 6.45) is 1.38. The van der Waals surface area contributed by atoms with E-state index in [1.165, 1.54) is 10.5 Å². The molecular weight excluding hydrogens is 400 g/mol. The van der Waals surface area contributed by atoms with Crippen LogP contribution in [0.2, 0.25) is 0 Å². The minimum absolute atomic E-state index is 0.165. The van der Waals surface area contributed by atoms with Crippen molar-refractivity contribution in [3.05, 3.63) is 18.3 Å². The number of nitrogens with zero attached hydrogens (tertiary/aromatic N) is 4. The minimum atomic E-state index is -3.57. The number of pyridine rings is 1. The molecule has 11 nitrogen and oxygen atoms in total. The number of urea groups is 1. The van der Waals surface area contributed by atoms with Gasteiger partial charge in [0.2, 0.25) is 15.9 Å². The number of amides is 3. The smallest absolute Gasteiger partial charge is 0.318 e. The molecule has 0 radical (unpaired) electrons. The van der Waals surface area contributed by atoms with Crippen LogP contribution in [0.25, 0.3) is 0 Å². The molecule has 2 fully saturated rings. The van der Waals surface area contributed by atoms with E-state index in [2.05, 4.69) is 10.3 Å². The van der Waals surface area contributed by atoms with Crippen molar-refractivity contribution in [1.82, 2.24) is 19.5 Å². The molecule has 3 amide bonds. The van der Waals surface area contributed by atoms with Gasteiger partial charge in [0.05, 0.1) is 19.3 Å². The molecule has 160 valence electrons. The van der Waals surface area contributed by atoms with Gasteiger partial charge in [-0.1, -0.05) is 0 Å². The van der Waals surface area contributed by atoms with Crippen molar-refractivity contribution in [2.75, 3.05) is 57.4 Å². The lowest BCUT2D eigenvalue weighted by molar-refractivity contribution is -0.124. The standard InChI is InChI=1S/C17H26N6O5S/c1-13(16(24)20-17(18)25)21-4-6-22(7-5-21)15-3-2-14(12-19-15)29(26,27)23-8-10-28-11-9-23/h2-3,12-13H,4-11H2,1H3,(H3,18,20,24,25). The maximum atomic E-state index is 12.7. The van der Waals surface area contributed by atoms with E-state index in [0.717, 1.165) is 0 Å². The van der Waals surface area contributed by atoms with Gasteiger partial charge in [0.1, 0.15) is 10.7 Å². The fraction of sp³-hybridized carbons (Fsp3) is 0.588. The highest BCUT2D eigenvalue weighted by molar-refractivity contribution is 7.89. The van der Waals surface area contributed by atoms with Crippen LogP contribution < -0.4 is 16.0 Å². The molecular formula is C17H26N6O5S. The third kappa shape index (κ3) is 5.01. The SMILES string of the molecule is CC(C(=O)NC(N)=O)N1CCN(c2ccc(S(=O)(=O)N3CCOCC3)cn2)CC1. The van der Waals surface area contributed by atoms with Gasteiger partial charge in [-0.3, -0.25) is 15.0 Å². The fourth-order valence-corrected chi connectivity index (χ4v) is 4.73. The zero-order valence-electron chi connectivity index (χ0n) is 16.3. The van der Waals surface area contributed by atoms with Crippen molar-refractivity contribution >= 4 is 27.8 Å². The number of morpholine rings is 1. The van der Waals surface area contributed by atoms with Gasteiger partial charge in [-0.25, -0.2) is 18.2 Å². The summed E-state index contributed by atoms with van der Waals surface area (Å²) < 4.78 is 32.0. The highest BCUT2D eigenvalue weighted by Gasteiger charge is 2.28. The Morgan fingerprint density at radius 1 is 1.14 bits per heavy atom. The van der Waals surface area contributed by atoms with E-state index in [1.807, 2.05) is 9.80 Å². The van der Waals surface area contributed by atoms with E-state index in [1.54, 1.807) is 19.1 Å². The van der Waals surface area contributed by atoms with Gasteiger partial charge < -0.3 is 15.4 Å². The predicted octanol–water partition coefficient (Wildman–Crippen LogP) is -1.19. The number of aromatic nitrogens is 1. The van der Waals surface area contributed by atoms with Crippen molar-refractivity contribution in [2.24, 2.45) is 5.73 Å². The zero-order chi connectivity index (χ0) is 21.0. The van der Waals surface area contributed by atoms with E-state index in [9.17, 15) is 18.0 Å². The number of sulfonamides is 1. The Balaban J connectivity index is 1.59. The first-order chi connectivity index (χ1) is 13.8. The first kappa shape index (κ1) is 21.4. The second-order valence-electron chi connectivity index (χ2n) is 6.92. The topological polar surface area (TPSA) is 138 Å². The summed E-state index contributed by atoms with van der Waals surface area (Å²) in [5, 5.41) is 2.09. The number of hydrogen-bond donors (Lipinski definition) is 2. The number of hydrogen-bond acceptors (Lipinski definition) is 8. The minimum Gasteiger partial charge on any atom is -0.379 e. The molecule has 2 saturated heterocycles. The average molecular weight is 426 g/mol. The second kappa shape index (κ2) is 9.03. The average Bonchev–Trinajstić information content (AvgIpc) is 2.73. The van der Waals surface area contributed by atoms with Crippen molar-refractivity contribution in [1.29, 1.82) is 0 Å². The van der Waals surface area contributed by atoms with Crippen LogP contribution in [0.15, 0.2) is 23.2 Å². The monoisotopic (exact) mass is 426 g/mol. The van der Waals surface area contributed by atoms with Crippen molar-refractivity contribution in [3.63, 3.8) is 0 Å². The van der Waals surface area contributed by atoms with Gasteiger partial charge in [0.25, 0.3) is 0 Å². The number of imide groups is 1. The second-order valence-corrected chi connectivity index (χ2v) is 8.86. The quantitative estimate of drug-likeness (QED) is 0.599. The molecule has 1 aromatic heterocycles. The molecule has 3 heterocycles. The third-order valence-corrected chi connectivity index (χ3v) is 7.02. The number of piperazine rings is 1.